The molecule has 0 bridgehead atoms. The van der Waals surface area contributed by atoms with E-state index in [1.54, 1.807) is 30.3 Å². The first-order chi connectivity index (χ1) is 12.1. The average Bonchev–Trinajstić information content (AvgIpc) is 2.66. The molecule has 0 saturated carbocycles. The van der Waals surface area contributed by atoms with E-state index >= 15 is 0 Å². The maximum Gasteiger partial charge on any atom is 0.311 e. The van der Waals surface area contributed by atoms with Crippen LogP contribution >= 0.6 is 0 Å². The molecule has 0 aromatic heterocycles. The molecule has 0 heterocycles. The molecule has 6 nitrogen and oxygen atoms in total. The second-order valence-electron chi connectivity index (χ2n) is 5.18. The van der Waals surface area contributed by atoms with Crippen LogP contribution in [0.15, 0.2) is 48.5 Å². The topological polar surface area (TPSA) is 88.4 Å². The van der Waals surface area contributed by atoms with Crippen LogP contribution in [0.3, 0.4) is 0 Å². The van der Waals surface area contributed by atoms with Gasteiger partial charge in [0.1, 0.15) is 0 Å². The first-order valence-corrected chi connectivity index (χ1v) is 7.76. The molecule has 2 aromatic carbocycles. The highest BCUT2D eigenvalue weighted by Gasteiger charge is 2.11. The van der Waals surface area contributed by atoms with Gasteiger partial charge in [0.2, 0.25) is 0 Å². The fraction of sp³-hybridized carbons (Fsp3) is 0.211. The number of amides is 1. The molecule has 2 rings (SSSR count). The lowest BCUT2D eigenvalue weighted by molar-refractivity contribution is -0.134. The molecule has 0 radical (unpaired) electrons. The number of carbonyl (C=O) groups is 2. The molecular formula is C19H18N2O4. The van der Waals surface area contributed by atoms with Crippen molar-refractivity contribution >= 4 is 11.9 Å². The van der Waals surface area contributed by atoms with E-state index in [1.807, 2.05) is 12.1 Å². The summed E-state index contributed by atoms with van der Waals surface area (Å²) in [5.41, 5.74) is 0.993. The van der Waals surface area contributed by atoms with Crippen LogP contribution in [-0.2, 0) is 4.79 Å². The van der Waals surface area contributed by atoms with Crippen molar-refractivity contribution in [2.45, 2.75) is 12.8 Å². The van der Waals surface area contributed by atoms with E-state index in [1.165, 1.54) is 19.2 Å². The molecule has 0 atom stereocenters. The monoisotopic (exact) mass is 338 g/mol. The van der Waals surface area contributed by atoms with Gasteiger partial charge in [0.15, 0.2) is 11.5 Å². The van der Waals surface area contributed by atoms with Gasteiger partial charge in [0.25, 0.3) is 5.91 Å². The highest BCUT2D eigenvalue weighted by atomic mass is 16.6. The summed E-state index contributed by atoms with van der Waals surface area (Å²) in [6.07, 6.45) is 0.605. The predicted octanol–water partition coefficient (Wildman–Crippen LogP) is 2.68. The van der Waals surface area contributed by atoms with Crippen molar-refractivity contribution in [3.63, 3.8) is 0 Å². The lowest BCUT2D eigenvalue weighted by Crippen LogP contribution is -2.25. The molecule has 1 N–H and O–H groups in total. The number of benzene rings is 2. The fourth-order valence-corrected chi connectivity index (χ4v) is 2.12. The second kappa shape index (κ2) is 9.08. The van der Waals surface area contributed by atoms with Gasteiger partial charge in [-0.25, -0.2) is 0 Å². The van der Waals surface area contributed by atoms with Gasteiger partial charge >= 0.3 is 5.97 Å². The zero-order chi connectivity index (χ0) is 18.1. The Morgan fingerprint density at radius 1 is 1.12 bits per heavy atom. The molecule has 0 saturated heterocycles. The van der Waals surface area contributed by atoms with Crippen molar-refractivity contribution in [1.29, 1.82) is 5.26 Å². The quantitative estimate of drug-likeness (QED) is 0.476. The Labute approximate surface area is 146 Å². The molecule has 0 aliphatic heterocycles. The van der Waals surface area contributed by atoms with Crippen molar-refractivity contribution in [2.75, 3.05) is 13.7 Å². The molecule has 2 aromatic rings. The van der Waals surface area contributed by atoms with Crippen LogP contribution in [0.25, 0.3) is 0 Å². The Hall–Kier alpha value is -3.33. The zero-order valence-corrected chi connectivity index (χ0v) is 13.8. The fourth-order valence-electron chi connectivity index (χ4n) is 2.12. The van der Waals surface area contributed by atoms with Crippen molar-refractivity contribution in [1.82, 2.24) is 5.32 Å². The normalized spacial score (nSPS) is 9.76. The van der Waals surface area contributed by atoms with Crippen LogP contribution in [0.1, 0.15) is 28.8 Å². The summed E-state index contributed by atoms with van der Waals surface area (Å²) in [5.74, 6) is -0.0238. The third kappa shape index (κ3) is 5.36. The summed E-state index contributed by atoms with van der Waals surface area (Å²) >= 11 is 0. The van der Waals surface area contributed by atoms with Gasteiger partial charge in [-0.15, -0.1) is 0 Å². The lowest BCUT2D eigenvalue weighted by atomic mass is 10.2. The smallest absolute Gasteiger partial charge is 0.311 e. The number of esters is 1. The molecule has 0 aliphatic rings. The van der Waals surface area contributed by atoms with E-state index in [-0.39, 0.29) is 18.1 Å². The highest BCUT2D eigenvalue weighted by Crippen LogP contribution is 2.28. The molecule has 1 amide bonds. The number of carbonyl (C=O) groups excluding carboxylic acids is 2. The number of ether oxygens (including phenoxy) is 2. The number of methoxy groups -OCH3 is 1. The number of hydrogen-bond donors (Lipinski definition) is 1. The number of nitriles is 1. The number of rotatable bonds is 7. The minimum Gasteiger partial charge on any atom is -0.493 e. The second-order valence-corrected chi connectivity index (χ2v) is 5.18. The van der Waals surface area contributed by atoms with E-state index in [9.17, 15) is 9.59 Å². The van der Waals surface area contributed by atoms with Crippen LogP contribution in [0.2, 0.25) is 0 Å². The summed E-state index contributed by atoms with van der Waals surface area (Å²) < 4.78 is 10.4. The van der Waals surface area contributed by atoms with Crippen molar-refractivity contribution < 1.29 is 19.1 Å². The van der Waals surface area contributed by atoms with E-state index in [0.29, 0.717) is 29.8 Å². The SMILES string of the molecule is COc1cc(C#N)ccc1OC(=O)CCCNC(=O)c1ccccc1. The maximum atomic E-state index is 11.9. The van der Waals surface area contributed by atoms with Gasteiger partial charge in [0, 0.05) is 24.6 Å². The molecule has 0 fully saturated rings. The summed E-state index contributed by atoms with van der Waals surface area (Å²) in [6, 6.07) is 15.4. The van der Waals surface area contributed by atoms with Gasteiger partial charge in [0.05, 0.1) is 18.7 Å². The molecule has 0 spiro atoms. The van der Waals surface area contributed by atoms with Gasteiger partial charge in [-0.2, -0.15) is 5.26 Å². The van der Waals surface area contributed by atoms with Crippen molar-refractivity contribution in [2.24, 2.45) is 0 Å². The van der Waals surface area contributed by atoms with Gasteiger partial charge in [-0.1, -0.05) is 18.2 Å². The van der Waals surface area contributed by atoms with Gasteiger partial charge < -0.3 is 14.8 Å². The highest BCUT2D eigenvalue weighted by molar-refractivity contribution is 5.94. The summed E-state index contributed by atoms with van der Waals surface area (Å²) in [7, 11) is 1.44. The molecule has 0 unspecified atom stereocenters. The first kappa shape index (κ1) is 18.0. The number of nitrogens with one attached hydrogen (secondary N) is 1. The van der Waals surface area contributed by atoms with Crippen molar-refractivity contribution in [3.8, 4) is 17.6 Å². The third-order valence-electron chi connectivity index (χ3n) is 3.40. The molecule has 128 valence electrons. The standard InChI is InChI=1S/C19H18N2O4/c1-24-17-12-14(13-20)9-10-16(17)25-18(22)8-5-11-21-19(23)15-6-3-2-4-7-15/h2-4,6-7,9-10,12H,5,8,11H2,1H3,(H,21,23). The van der Waals surface area contributed by atoms with Crippen LogP contribution < -0.4 is 14.8 Å². The Morgan fingerprint density at radius 2 is 1.88 bits per heavy atom. The number of nitrogens with zero attached hydrogens (tertiary/aromatic N) is 1. The van der Waals surface area contributed by atoms with Gasteiger partial charge in [-0.05, 0) is 30.7 Å². The Morgan fingerprint density at radius 3 is 2.56 bits per heavy atom. The molecule has 25 heavy (non-hydrogen) atoms. The van der Waals surface area contributed by atoms with E-state index in [2.05, 4.69) is 5.32 Å². The Balaban J connectivity index is 1.78. The van der Waals surface area contributed by atoms with Crippen LogP contribution in [0, 0.1) is 11.3 Å². The van der Waals surface area contributed by atoms with Crippen LogP contribution in [-0.4, -0.2) is 25.5 Å². The lowest BCUT2D eigenvalue weighted by Gasteiger charge is -2.09. The van der Waals surface area contributed by atoms with Crippen LogP contribution in [0.4, 0.5) is 0 Å². The van der Waals surface area contributed by atoms with Gasteiger partial charge in [-0.3, -0.25) is 9.59 Å². The van der Waals surface area contributed by atoms with E-state index in [4.69, 9.17) is 14.7 Å². The number of hydrogen-bond acceptors (Lipinski definition) is 5. The largest absolute Gasteiger partial charge is 0.493 e. The van der Waals surface area contributed by atoms with E-state index < -0.39 is 5.97 Å². The summed E-state index contributed by atoms with van der Waals surface area (Å²) in [5, 5.41) is 11.6. The maximum absolute atomic E-state index is 11.9. The average molecular weight is 338 g/mol. The van der Waals surface area contributed by atoms with E-state index in [0.717, 1.165) is 0 Å². The third-order valence-corrected chi connectivity index (χ3v) is 3.40. The predicted molar refractivity (Wildman–Crippen MR) is 91.4 cm³/mol. The van der Waals surface area contributed by atoms with Crippen molar-refractivity contribution in [3.05, 3.63) is 59.7 Å². The summed E-state index contributed by atoms with van der Waals surface area (Å²) in [4.78, 5) is 23.7. The van der Waals surface area contributed by atoms with Crippen LogP contribution in [0.5, 0.6) is 11.5 Å². The molecular weight excluding hydrogens is 320 g/mol. The Bertz CT molecular complexity index is 782. The minimum absolute atomic E-state index is 0.151. The molecule has 6 heteroatoms. The summed E-state index contributed by atoms with van der Waals surface area (Å²) in [6.45, 7) is 0.368. The molecule has 0 aliphatic carbocycles. The zero-order valence-electron chi connectivity index (χ0n) is 13.8. The first-order valence-electron chi connectivity index (χ1n) is 7.76. The minimum atomic E-state index is -0.433. The Kier molecular flexibility index (Phi) is 6.55.